The molecule has 2 N–H and O–H groups in total. The van der Waals surface area contributed by atoms with Crippen molar-refractivity contribution in [2.75, 3.05) is 30.5 Å². The van der Waals surface area contributed by atoms with Gasteiger partial charge in [-0.15, -0.1) is 0 Å². The van der Waals surface area contributed by atoms with E-state index in [0.29, 0.717) is 49.3 Å². The smallest absolute Gasteiger partial charge is 0.323 e. The Morgan fingerprint density at radius 1 is 0.971 bits per heavy atom. The van der Waals surface area contributed by atoms with E-state index in [1.165, 1.54) is 0 Å². The van der Waals surface area contributed by atoms with Gasteiger partial charge in [0.15, 0.2) is 0 Å². The molecule has 0 saturated heterocycles. The van der Waals surface area contributed by atoms with E-state index in [4.69, 9.17) is 25.8 Å². The monoisotopic (exact) mass is 497 g/mol. The van der Waals surface area contributed by atoms with Crippen molar-refractivity contribution in [2.24, 2.45) is 0 Å². The topological polar surface area (TPSA) is 107 Å². The molecule has 3 aromatic rings. The Hall–Kier alpha value is -3.59. The van der Waals surface area contributed by atoms with E-state index < -0.39 is 5.24 Å². The first kappa shape index (κ1) is 24.5. The number of rotatable bonds is 3. The lowest BCUT2D eigenvalue weighted by Crippen LogP contribution is -2.09. The number of hydrogen-bond acceptors (Lipinski definition) is 9. The summed E-state index contributed by atoms with van der Waals surface area (Å²) in [5.74, 6) is 1.90. The number of ether oxygens (including phenoxy) is 3. The Kier molecular flexibility index (Phi) is 8.56. The third-order valence-electron chi connectivity index (χ3n) is 5.28. The molecule has 0 radical (unpaired) electrons. The molecule has 0 spiro atoms. The first-order valence-corrected chi connectivity index (χ1v) is 12.1. The minimum atomic E-state index is -0.577. The van der Waals surface area contributed by atoms with Gasteiger partial charge in [-0.1, -0.05) is 12.1 Å². The molecule has 35 heavy (non-hydrogen) atoms. The molecule has 10 heteroatoms. The zero-order valence-corrected chi connectivity index (χ0v) is 20.3. The number of carbonyl (C=O) groups excluding carboxylic acids is 1. The molecule has 6 bridgehead atoms. The Morgan fingerprint density at radius 2 is 1.71 bits per heavy atom. The van der Waals surface area contributed by atoms with Crippen molar-refractivity contribution in [1.82, 2.24) is 15.0 Å². The average molecular weight is 498 g/mol. The van der Waals surface area contributed by atoms with Crippen LogP contribution < -0.4 is 24.8 Å². The normalized spacial score (nSPS) is 14.3. The van der Waals surface area contributed by atoms with Crippen LogP contribution in [0.15, 0.2) is 42.5 Å². The van der Waals surface area contributed by atoms with Gasteiger partial charge in [0.2, 0.25) is 11.9 Å². The van der Waals surface area contributed by atoms with E-state index in [1.807, 2.05) is 31.2 Å². The molecular formula is C25H28ClN5O4. The maximum Gasteiger partial charge on any atom is 0.323 e. The number of halogens is 1. The van der Waals surface area contributed by atoms with Crippen LogP contribution in [0.2, 0.25) is 0 Å². The number of nitrogens with one attached hydrogen (secondary N) is 2. The summed E-state index contributed by atoms with van der Waals surface area (Å²) in [7, 11) is 0. The highest BCUT2D eigenvalue weighted by molar-refractivity contribution is 6.68. The predicted octanol–water partition coefficient (Wildman–Crippen LogP) is 5.34. The average Bonchev–Trinajstić information content (AvgIpc) is 2.85. The predicted molar refractivity (Wildman–Crippen MR) is 134 cm³/mol. The number of nitrogens with zero attached hydrogens (tertiary/aromatic N) is 3. The first-order valence-electron chi connectivity index (χ1n) is 11.7. The van der Waals surface area contributed by atoms with Crippen LogP contribution in [0.3, 0.4) is 0 Å². The number of carbonyl (C=O) groups is 1. The van der Waals surface area contributed by atoms with Crippen LogP contribution in [0.5, 0.6) is 17.5 Å². The number of aromatic nitrogens is 3. The molecule has 3 heterocycles. The highest BCUT2D eigenvalue weighted by Crippen LogP contribution is 2.27. The summed E-state index contributed by atoms with van der Waals surface area (Å²) in [5.41, 5.74) is 2.00. The van der Waals surface area contributed by atoms with E-state index in [0.717, 1.165) is 37.0 Å². The number of anilines is 3. The van der Waals surface area contributed by atoms with Gasteiger partial charge in [-0.2, -0.15) is 15.0 Å². The fraction of sp³-hybridized carbons (Fsp3) is 0.360. The summed E-state index contributed by atoms with van der Waals surface area (Å²) >= 11 is 5.77. The molecular weight excluding hydrogens is 470 g/mol. The molecule has 184 valence electrons. The second-order valence-corrected chi connectivity index (χ2v) is 8.26. The number of hydrogen-bond donors (Lipinski definition) is 2. The molecule has 0 atom stereocenters. The highest BCUT2D eigenvalue weighted by atomic mass is 35.5. The van der Waals surface area contributed by atoms with E-state index >= 15 is 0 Å². The molecule has 9 nitrogen and oxygen atoms in total. The molecule has 2 aliphatic heterocycles. The standard InChI is InChI=1S/C25H28ClN5O4/c1-2-33-25-30-23-27-16-17-7-10-19(11-8-17)34-13-5-3-4-6-14-35-21-15-18(28-24(29-23)31-25)9-12-20(21)22(26)32/h7-12,15H,2-6,13-14,16H2,1H3,(H2,27,28,29,30,31). The SMILES string of the molecule is CCOc1nc2nc(n1)Nc1ccc(C(=O)Cl)c(c1)OCCCCCCOc1ccc(cc1)CN2. The molecule has 0 unspecified atom stereocenters. The van der Waals surface area contributed by atoms with Gasteiger partial charge in [0.1, 0.15) is 11.5 Å². The minimum absolute atomic E-state index is 0.193. The lowest BCUT2D eigenvalue weighted by molar-refractivity contribution is 0.107. The maximum atomic E-state index is 11.9. The minimum Gasteiger partial charge on any atom is -0.494 e. The zero-order valence-electron chi connectivity index (χ0n) is 19.6. The third-order valence-corrected chi connectivity index (χ3v) is 5.48. The fourth-order valence-corrected chi connectivity index (χ4v) is 3.67. The summed E-state index contributed by atoms with van der Waals surface area (Å²) in [6.45, 7) is 3.91. The lowest BCUT2D eigenvalue weighted by Gasteiger charge is -2.13. The van der Waals surface area contributed by atoms with Crippen molar-refractivity contribution in [1.29, 1.82) is 0 Å². The lowest BCUT2D eigenvalue weighted by atomic mass is 10.2. The number of benzene rings is 2. The fourth-order valence-electron chi connectivity index (χ4n) is 3.51. The molecule has 0 fully saturated rings. The molecule has 2 aliphatic rings. The Morgan fingerprint density at radius 3 is 2.46 bits per heavy atom. The van der Waals surface area contributed by atoms with Crippen LogP contribution >= 0.6 is 11.6 Å². The van der Waals surface area contributed by atoms with Crippen LogP contribution in [0, 0.1) is 0 Å². The molecule has 0 aliphatic carbocycles. The largest absolute Gasteiger partial charge is 0.494 e. The van der Waals surface area contributed by atoms with Crippen molar-refractivity contribution < 1.29 is 19.0 Å². The van der Waals surface area contributed by atoms with E-state index in [2.05, 4.69) is 25.6 Å². The van der Waals surface area contributed by atoms with Gasteiger partial charge >= 0.3 is 6.01 Å². The van der Waals surface area contributed by atoms with Gasteiger partial charge < -0.3 is 24.8 Å². The first-order chi connectivity index (χ1) is 17.1. The molecule has 5 rings (SSSR count). The van der Waals surface area contributed by atoms with Gasteiger partial charge in [0.25, 0.3) is 5.24 Å². The summed E-state index contributed by atoms with van der Waals surface area (Å²) in [6.07, 6.45) is 3.82. The second-order valence-electron chi connectivity index (χ2n) is 7.92. The van der Waals surface area contributed by atoms with Gasteiger partial charge in [-0.25, -0.2) is 0 Å². The van der Waals surface area contributed by atoms with Gasteiger partial charge in [-0.3, -0.25) is 4.79 Å². The molecule has 1 aromatic heterocycles. The van der Waals surface area contributed by atoms with Gasteiger partial charge in [0.05, 0.1) is 25.4 Å². The van der Waals surface area contributed by atoms with Crippen LogP contribution in [-0.4, -0.2) is 40.0 Å². The molecule has 2 aromatic carbocycles. The van der Waals surface area contributed by atoms with Crippen molar-refractivity contribution >= 4 is 34.4 Å². The maximum absolute atomic E-state index is 11.9. The summed E-state index contributed by atoms with van der Waals surface area (Å²) in [6, 6.07) is 13.2. The highest BCUT2D eigenvalue weighted by Gasteiger charge is 2.14. The molecule has 0 amide bonds. The quantitative estimate of drug-likeness (QED) is 0.463. The Balaban J connectivity index is 1.61. The zero-order chi connectivity index (χ0) is 24.5. The van der Waals surface area contributed by atoms with Crippen LogP contribution in [0.1, 0.15) is 48.5 Å². The van der Waals surface area contributed by atoms with Crippen molar-refractivity contribution in [2.45, 2.75) is 39.2 Å². The van der Waals surface area contributed by atoms with Crippen LogP contribution in [0.25, 0.3) is 0 Å². The van der Waals surface area contributed by atoms with Crippen LogP contribution in [0.4, 0.5) is 17.6 Å². The van der Waals surface area contributed by atoms with Crippen molar-refractivity contribution in [3.8, 4) is 17.5 Å². The van der Waals surface area contributed by atoms with Gasteiger partial charge in [0, 0.05) is 18.3 Å². The van der Waals surface area contributed by atoms with E-state index in [-0.39, 0.29) is 12.0 Å². The van der Waals surface area contributed by atoms with Crippen molar-refractivity contribution in [3.63, 3.8) is 0 Å². The summed E-state index contributed by atoms with van der Waals surface area (Å²) < 4.78 is 17.3. The van der Waals surface area contributed by atoms with E-state index in [9.17, 15) is 4.79 Å². The summed E-state index contributed by atoms with van der Waals surface area (Å²) in [5, 5.41) is 5.78. The molecule has 0 saturated carbocycles. The third kappa shape index (κ3) is 7.19. The second kappa shape index (κ2) is 12.2. The summed E-state index contributed by atoms with van der Waals surface area (Å²) in [4.78, 5) is 25.0. The van der Waals surface area contributed by atoms with E-state index in [1.54, 1.807) is 18.2 Å². The van der Waals surface area contributed by atoms with Crippen LogP contribution in [-0.2, 0) is 6.54 Å². The number of fused-ring (bicyclic) bond motifs is 10. The van der Waals surface area contributed by atoms with Gasteiger partial charge in [-0.05, 0) is 74.0 Å². The Labute approximate surface area is 209 Å². The Bertz CT molecular complexity index is 1140. The van der Waals surface area contributed by atoms with Crippen molar-refractivity contribution in [3.05, 3.63) is 53.6 Å².